The van der Waals surface area contributed by atoms with Crippen LogP contribution in [0.15, 0.2) is 18.2 Å². The number of cyclic esters (lactones) is 1. The lowest BCUT2D eigenvalue weighted by atomic mass is 9.70. The van der Waals surface area contributed by atoms with Gasteiger partial charge in [0.25, 0.3) is 11.8 Å². The molecule has 148 valence electrons. The van der Waals surface area contributed by atoms with Gasteiger partial charge in [-0.25, -0.2) is 4.79 Å². The summed E-state index contributed by atoms with van der Waals surface area (Å²) in [6.07, 6.45) is -0.875. The first-order chi connectivity index (χ1) is 13.5. The molecule has 0 aromatic heterocycles. The molecule has 1 aromatic carbocycles. The third kappa shape index (κ3) is 2.24. The fraction of sp³-hybridized carbons (Fsp3) is 0.500. The predicted molar refractivity (Wildman–Crippen MR) is 95.5 cm³/mol. The number of hydrogen-bond donors (Lipinski definition) is 3. The van der Waals surface area contributed by atoms with Gasteiger partial charge < -0.3 is 19.5 Å². The lowest BCUT2D eigenvalue weighted by Gasteiger charge is -2.49. The predicted octanol–water partition coefficient (Wildman–Crippen LogP) is -1.09. The van der Waals surface area contributed by atoms with Crippen molar-refractivity contribution in [3.63, 3.8) is 0 Å². The van der Waals surface area contributed by atoms with Crippen molar-refractivity contribution in [3.05, 3.63) is 23.8 Å². The Morgan fingerprint density at radius 2 is 2.00 bits per heavy atom. The number of carbonyl (C=O) groups excluding carboxylic acids is 3. The number of carbonyl (C=O) groups is 3. The summed E-state index contributed by atoms with van der Waals surface area (Å²) in [7, 11) is 0. The van der Waals surface area contributed by atoms with Gasteiger partial charge in [0.2, 0.25) is 0 Å². The number of hydrazine groups is 1. The summed E-state index contributed by atoms with van der Waals surface area (Å²) < 4.78 is 10.7. The van der Waals surface area contributed by atoms with Crippen LogP contribution in [0, 0.1) is 5.41 Å². The molecule has 1 unspecified atom stereocenters. The normalized spacial score (nSPS) is 28.0. The summed E-state index contributed by atoms with van der Waals surface area (Å²) >= 11 is 0. The monoisotopic (exact) mass is 388 g/mol. The van der Waals surface area contributed by atoms with Crippen LogP contribution in [0.4, 0.5) is 16.2 Å². The lowest BCUT2D eigenvalue weighted by molar-refractivity contribution is -0.139. The van der Waals surface area contributed by atoms with Crippen LogP contribution in [-0.2, 0) is 25.5 Å². The fourth-order valence-electron chi connectivity index (χ4n) is 4.61. The smallest absolute Gasteiger partial charge is 0.414 e. The summed E-state index contributed by atoms with van der Waals surface area (Å²) in [6.45, 7) is 1.37. The van der Waals surface area contributed by atoms with Crippen LogP contribution in [-0.4, -0.2) is 68.1 Å². The van der Waals surface area contributed by atoms with Crippen LogP contribution >= 0.6 is 0 Å². The Kier molecular flexibility index (Phi) is 3.75. The van der Waals surface area contributed by atoms with E-state index in [-0.39, 0.29) is 31.4 Å². The van der Waals surface area contributed by atoms with Crippen molar-refractivity contribution in [1.82, 2.24) is 10.9 Å². The first-order valence-corrected chi connectivity index (χ1v) is 9.22. The highest BCUT2D eigenvalue weighted by Gasteiger charge is 2.61. The van der Waals surface area contributed by atoms with Gasteiger partial charge in [-0.05, 0) is 23.8 Å². The largest absolute Gasteiger partial charge is 0.441 e. The molecular formula is C18H20N4O6. The number of benzene rings is 1. The Bertz CT molecular complexity index is 858. The third-order valence-corrected chi connectivity index (χ3v) is 6.03. The minimum Gasteiger partial charge on any atom is -0.441 e. The first-order valence-electron chi connectivity index (χ1n) is 9.22. The number of morpholine rings is 1. The van der Waals surface area contributed by atoms with Crippen molar-refractivity contribution in [2.45, 2.75) is 18.6 Å². The molecule has 1 spiro atoms. The average molecular weight is 388 g/mol. The summed E-state index contributed by atoms with van der Waals surface area (Å²) in [5.41, 5.74) is 5.98. The Labute approximate surface area is 160 Å². The van der Waals surface area contributed by atoms with Crippen molar-refractivity contribution in [1.29, 1.82) is 0 Å². The van der Waals surface area contributed by atoms with Crippen molar-refractivity contribution >= 4 is 29.3 Å². The van der Waals surface area contributed by atoms with E-state index in [4.69, 9.17) is 9.47 Å². The van der Waals surface area contributed by atoms with Crippen molar-refractivity contribution in [2.75, 3.05) is 42.7 Å². The zero-order valence-corrected chi connectivity index (χ0v) is 15.0. The van der Waals surface area contributed by atoms with Gasteiger partial charge >= 0.3 is 6.09 Å². The molecule has 10 heteroatoms. The van der Waals surface area contributed by atoms with E-state index in [1.807, 2.05) is 18.2 Å². The summed E-state index contributed by atoms with van der Waals surface area (Å²) in [5.74, 6) is -0.732. The van der Waals surface area contributed by atoms with E-state index in [0.717, 1.165) is 11.3 Å². The standard InChI is InChI=1S/C18H20N4O6/c23-8-12-7-22(17(26)28-12)11-1-2-13-10(5-11)6-18(15(24)19-20-16(18)25)14-9-27-4-3-21(13)14/h1-2,5,12,14,23H,3-4,6-9H2,(H,19,24)(H,20,25)/t12-,14?/m1/s1. The molecule has 28 heavy (non-hydrogen) atoms. The number of nitrogens with zero attached hydrogens (tertiary/aromatic N) is 2. The zero-order valence-electron chi connectivity index (χ0n) is 15.0. The average Bonchev–Trinajstić information content (AvgIpc) is 3.23. The molecule has 1 aromatic rings. The second-order valence-corrected chi connectivity index (χ2v) is 7.45. The van der Waals surface area contributed by atoms with E-state index in [0.29, 0.717) is 25.4 Å². The molecule has 2 atom stereocenters. The number of nitrogens with one attached hydrogen (secondary N) is 2. The summed E-state index contributed by atoms with van der Waals surface area (Å²) in [4.78, 5) is 41.1. The van der Waals surface area contributed by atoms with Crippen LogP contribution in [0.1, 0.15) is 5.56 Å². The third-order valence-electron chi connectivity index (χ3n) is 6.03. The van der Waals surface area contributed by atoms with E-state index in [1.165, 1.54) is 4.90 Å². The molecule has 0 radical (unpaired) electrons. The van der Waals surface area contributed by atoms with Crippen LogP contribution in [0.2, 0.25) is 0 Å². The van der Waals surface area contributed by atoms with Crippen molar-refractivity contribution < 1.29 is 29.0 Å². The van der Waals surface area contributed by atoms with Gasteiger partial charge in [-0.15, -0.1) is 0 Å². The Morgan fingerprint density at radius 1 is 1.21 bits per heavy atom. The van der Waals surface area contributed by atoms with E-state index in [9.17, 15) is 19.5 Å². The van der Waals surface area contributed by atoms with E-state index in [1.54, 1.807) is 0 Å². The van der Waals surface area contributed by atoms with Crippen LogP contribution in [0.25, 0.3) is 0 Å². The Hall–Kier alpha value is -2.85. The molecule has 0 aliphatic carbocycles. The van der Waals surface area contributed by atoms with Gasteiger partial charge in [0.1, 0.15) is 6.10 Å². The van der Waals surface area contributed by atoms with Crippen LogP contribution in [0.3, 0.4) is 0 Å². The number of fused-ring (bicyclic) bond motifs is 4. The van der Waals surface area contributed by atoms with Gasteiger partial charge in [0.05, 0.1) is 32.4 Å². The molecular weight excluding hydrogens is 368 g/mol. The quantitative estimate of drug-likeness (QED) is 0.551. The van der Waals surface area contributed by atoms with Crippen LogP contribution in [0.5, 0.6) is 0 Å². The molecule has 5 rings (SSSR count). The maximum Gasteiger partial charge on any atom is 0.414 e. The highest BCUT2D eigenvalue weighted by Crippen LogP contribution is 2.45. The molecule has 4 aliphatic rings. The first kappa shape index (κ1) is 17.3. The second kappa shape index (κ2) is 6.08. The number of anilines is 2. The number of aliphatic hydroxyl groups is 1. The highest BCUT2D eigenvalue weighted by molar-refractivity contribution is 6.12. The van der Waals surface area contributed by atoms with Gasteiger partial charge in [0, 0.05) is 24.3 Å². The second-order valence-electron chi connectivity index (χ2n) is 7.45. The molecule has 4 aliphatic heterocycles. The molecule has 4 heterocycles. The number of amides is 3. The fourth-order valence-corrected chi connectivity index (χ4v) is 4.61. The zero-order chi connectivity index (χ0) is 19.5. The summed E-state index contributed by atoms with van der Waals surface area (Å²) in [5, 5.41) is 9.26. The van der Waals surface area contributed by atoms with E-state index >= 15 is 0 Å². The van der Waals surface area contributed by atoms with Gasteiger partial charge in [-0.3, -0.25) is 25.3 Å². The van der Waals surface area contributed by atoms with Crippen LogP contribution < -0.4 is 20.7 Å². The molecule has 3 saturated heterocycles. The maximum absolute atomic E-state index is 12.7. The summed E-state index contributed by atoms with van der Waals surface area (Å²) in [6, 6.07) is 5.15. The van der Waals surface area contributed by atoms with E-state index in [2.05, 4.69) is 15.8 Å². The van der Waals surface area contributed by atoms with Gasteiger partial charge in [0.15, 0.2) is 5.41 Å². The number of aliphatic hydroxyl groups excluding tert-OH is 1. The van der Waals surface area contributed by atoms with Gasteiger partial charge in [-0.1, -0.05) is 0 Å². The number of rotatable bonds is 2. The molecule has 0 saturated carbocycles. The van der Waals surface area contributed by atoms with Crippen molar-refractivity contribution in [2.24, 2.45) is 5.41 Å². The molecule has 3 N–H and O–H groups in total. The minimum absolute atomic E-state index is 0.213. The molecule has 10 nitrogen and oxygen atoms in total. The van der Waals surface area contributed by atoms with Crippen molar-refractivity contribution in [3.8, 4) is 0 Å². The minimum atomic E-state index is -1.27. The topological polar surface area (TPSA) is 120 Å². The maximum atomic E-state index is 12.7. The molecule has 3 fully saturated rings. The molecule has 0 bridgehead atoms. The number of ether oxygens (including phenoxy) is 2. The lowest BCUT2D eigenvalue weighted by Crippen LogP contribution is -2.63. The Morgan fingerprint density at radius 3 is 2.71 bits per heavy atom. The SMILES string of the molecule is O=C1O[C@@H](CO)CN1c1ccc2c(c1)CC1(C(=O)NNC1=O)C1COCCN21. The highest BCUT2D eigenvalue weighted by atomic mass is 16.6. The number of hydrogen-bond acceptors (Lipinski definition) is 7. The molecule has 3 amide bonds. The Balaban J connectivity index is 1.57. The van der Waals surface area contributed by atoms with E-state index < -0.39 is 23.7 Å². The van der Waals surface area contributed by atoms with Gasteiger partial charge in [-0.2, -0.15) is 0 Å².